The first kappa shape index (κ1) is 20.4. The molecule has 1 heterocycles. The molecule has 7 heteroatoms. The number of nitrogens with one attached hydrogen (secondary N) is 1. The van der Waals surface area contributed by atoms with Gasteiger partial charge in [-0.25, -0.2) is 4.39 Å². The lowest BCUT2D eigenvalue weighted by molar-refractivity contribution is -0.119. The molecule has 3 aromatic carbocycles. The molecule has 5 nitrogen and oxygen atoms in total. The third kappa shape index (κ3) is 4.18. The quantitative estimate of drug-likeness (QED) is 0.616. The van der Waals surface area contributed by atoms with Gasteiger partial charge in [0.2, 0.25) is 5.91 Å². The molecule has 1 unspecified atom stereocenters. The van der Waals surface area contributed by atoms with Gasteiger partial charge in [0, 0.05) is 5.69 Å². The molecule has 154 valence electrons. The third-order valence-electron chi connectivity index (χ3n) is 5.27. The van der Waals surface area contributed by atoms with Gasteiger partial charge < -0.3 is 9.87 Å². The monoisotopic (exact) mass is 424 g/mol. The fourth-order valence-corrected chi connectivity index (χ4v) is 5.43. The Balaban J connectivity index is 1.64. The Kier molecular flexibility index (Phi) is 5.76. The topological polar surface area (TPSA) is 72.5 Å². The molecule has 3 atom stereocenters. The molecule has 1 N–H and O–H groups in total. The highest BCUT2D eigenvalue weighted by molar-refractivity contribution is 7.95. The van der Waals surface area contributed by atoms with Crippen LogP contribution in [0.5, 0.6) is 0 Å². The molecular weight excluding hydrogens is 403 g/mol. The van der Waals surface area contributed by atoms with E-state index in [0.717, 1.165) is 0 Å². The zero-order chi connectivity index (χ0) is 21.1. The van der Waals surface area contributed by atoms with Crippen LogP contribution in [0.25, 0.3) is 0 Å². The van der Waals surface area contributed by atoms with Gasteiger partial charge in [0.1, 0.15) is 5.82 Å². The molecular formula is C23H21FN2O3S. The van der Waals surface area contributed by atoms with Crippen molar-refractivity contribution < 1.29 is 17.9 Å². The van der Waals surface area contributed by atoms with Gasteiger partial charge in [0.05, 0.1) is 18.5 Å². The molecule has 1 amide bonds. The van der Waals surface area contributed by atoms with Crippen molar-refractivity contribution in [3.8, 4) is 0 Å². The van der Waals surface area contributed by atoms with Crippen LogP contribution in [0.2, 0.25) is 0 Å². The number of carbonyl (C=O) groups excluding carboxylic acids is 1. The Bertz CT molecular complexity index is 1060. The predicted molar refractivity (Wildman–Crippen MR) is 113 cm³/mol. The van der Waals surface area contributed by atoms with Crippen molar-refractivity contribution in [2.24, 2.45) is 5.92 Å². The molecule has 3 aromatic rings. The molecule has 30 heavy (non-hydrogen) atoms. The lowest BCUT2D eigenvalue weighted by atomic mass is 9.99. The van der Waals surface area contributed by atoms with Gasteiger partial charge in [-0.2, -0.15) is 0 Å². The zero-order valence-electron chi connectivity index (χ0n) is 16.1. The standard InChI is InChI=1S/C23H21FN2O3S/c24-19-13-11-17(12-14-19)22-15-18(23(27)25-20-7-3-1-4-8-20)16-26(22)30(28,29)21-9-5-2-6-10-21/h1-14,18,22H,15-16H2,(H-,25,27,28,29)/t18-,22+/m1/s1. The highest BCUT2D eigenvalue weighted by atomic mass is 32.3. The van der Waals surface area contributed by atoms with Gasteiger partial charge >= 0.3 is 0 Å². The first-order valence-electron chi connectivity index (χ1n) is 9.63. The van der Waals surface area contributed by atoms with Crippen LogP contribution in [-0.2, 0) is 19.4 Å². The summed E-state index contributed by atoms with van der Waals surface area (Å²) in [5.41, 5.74) is 1.32. The fourth-order valence-electron chi connectivity index (χ4n) is 3.74. The largest absolute Gasteiger partial charge is 0.593 e. The molecule has 0 bridgehead atoms. The molecule has 0 spiro atoms. The van der Waals surface area contributed by atoms with E-state index in [0.29, 0.717) is 17.7 Å². The summed E-state index contributed by atoms with van der Waals surface area (Å²) in [5, 5.41) is 2.86. The van der Waals surface area contributed by atoms with E-state index in [9.17, 15) is 17.9 Å². The lowest BCUT2D eigenvalue weighted by Crippen LogP contribution is -2.37. The second-order valence-corrected chi connectivity index (χ2v) is 9.13. The number of anilines is 1. The van der Waals surface area contributed by atoms with Crippen molar-refractivity contribution >= 4 is 22.0 Å². The van der Waals surface area contributed by atoms with E-state index < -0.39 is 28.2 Å². The summed E-state index contributed by atoms with van der Waals surface area (Å²) in [7, 11) is -3.83. The number of hydrogen-bond donors (Lipinski definition) is 1. The highest BCUT2D eigenvalue weighted by Gasteiger charge is 2.47. The van der Waals surface area contributed by atoms with E-state index in [-0.39, 0.29) is 17.3 Å². The van der Waals surface area contributed by atoms with E-state index in [2.05, 4.69) is 5.32 Å². The van der Waals surface area contributed by atoms with Crippen molar-refractivity contribution in [1.82, 2.24) is 4.31 Å². The average Bonchev–Trinajstić information content (AvgIpc) is 3.22. The number of sulfonamides is 1. The van der Waals surface area contributed by atoms with Crippen molar-refractivity contribution in [2.75, 3.05) is 11.9 Å². The summed E-state index contributed by atoms with van der Waals surface area (Å²) in [5.74, 6) is -1.16. The van der Waals surface area contributed by atoms with Gasteiger partial charge in [-0.05, 0) is 48.4 Å². The van der Waals surface area contributed by atoms with Gasteiger partial charge in [0.25, 0.3) is 0 Å². The van der Waals surface area contributed by atoms with Crippen LogP contribution in [0.4, 0.5) is 10.1 Å². The van der Waals surface area contributed by atoms with Crippen LogP contribution in [0.15, 0.2) is 89.8 Å². The molecule has 0 aromatic heterocycles. The Morgan fingerprint density at radius 1 is 0.967 bits per heavy atom. The number of nitrogens with zero attached hydrogens (tertiary/aromatic N) is 1. The van der Waals surface area contributed by atoms with Crippen LogP contribution >= 0.6 is 0 Å². The highest BCUT2D eigenvalue weighted by Crippen LogP contribution is 2.41. The number of hydrogen-bond acceptors (Lipinski definition) is 3. The summed E-state index contributed by atoms with van der Waals surface area (Å²) < 4.78 is 41.4. The van der Waals surface area contributed by atoms with Crippen molar-refractivity contribution in [1.29, 1.82) is 0 Å². The number of rotatable bonds is 5. The van der Waals surface area contributed by atoms with Crippen LogP contribution < -0.4 is 5.32 Å². The summed E-state index contributed by atoms with van der Waals surface area (Å²) >= 11 is 0. The van der Waals surface area contributed by atoms with Gasteiger partial charge in [0.15, 0.2) is 15.3 Å². The van der Waals surface area contributed by atoms with Gasteiger partial charge in [-0.3, -0.25) is 4.79 Å². The second-order valence-electron chi connectivity index (χ2n) is 7.24. The SMILES string of the molecule is O=C(Nc1ccccc1)[C@@H]1C[C@@H](c2ccc(F)cc2)N([S+](=O)([O-])c2ccccc2)C1. The van der Waals surface area contributed by atoms with E-state index in [4.69, 9.17) is 0 Å². The normalized spacial score (nSPS) is 21.1. The summed E-state index contributed by atoms with van der Waals surface area (Å²) in [6.45, 7) is 0.0535. The van der Waals surface area contributed by atoms with Crippen LogP contribution in [0.1, 0.15) is 18.0 Å². The van der Waals surface area contributed by atoms with Crippen LogP contribution in [-0.4, -0.2) is 21.3 Å². The fraction of sp³-hybridized carbons (Fsp3) is 0.174. The smallest absolute Gasteiger partial charge is 0.229 e. The Labute approximate surface area is 175 Å². The van der Waals surface area contributed by atoms with Crippen LogP contribution in [0, 0.1) is 11.7 Å². The first-order chi connectivity index (χ1) is 14.4. The number of benzene rings is 3. The number of halogens is 1. The zero-order valence-corrected chi connectivity index (χ0v) is 16.9. The maximum Gasteiger partial charge on any atom is 0.229 e. The van der Waals surface area contributed by atoms with Crippen molar-refractivity contribution in [2.45, 2.75) is 17.4 Å². The molecule has 1 fully saturated rings. The van der Waals surface area contributed by atoms with Gasteiger partial charge in [-0.1, -0.05) is 52.7 Å². The van der Waals surface area contributed by atoms with Gasteiger partial charge in [-0.15, -0.1) is 4.31 Å². The van der Waals surface area contributed by atoms with E-state index >= 15 is 0 Å². The summed E-state index contributed by atoms with van der Waals surface area (Å²) in [6.07, 6.45) is 0.316. The molecule has 1 saturated heterocycles. The second kappa shape index (κ2) is 8.47. The third-order valence-corrected chi connectivity index (χ3v) is 7.16. The van der Waals surface area contributed by atoms with Crippen LogP contribution in [0.3, 0.4) is 0 Å². The Morgan fingerprint density at radius 3 is 2.20 bits per heavy atom. The minimum absolute atomic E-state index is 0.0535. The molecule has 0 radical (unpaired) electrons. The molecule has 4 rings (SSSR count). The van der Waals surface area contributed by atoms with Crippen molar-refractivity contribution in [3.63, 3.8) is 0 Å². The maximum absolute atomic E-state index is 13.4. The molecule has 1 aliphatic heterocycles. The van der Waals surface area contributed by atoms with E-state index in [1.807, 2.05) is 18.2 Å². The minimum atomic E-state index is -3.83. The van der Waals surface area contributed by atoms with E-state index in [1.54, 1.807) is 42.5 Å². The summed E-state index contributed by atoms with van der Waals surface area (Å²) in [4.78, 5) is 13.0. The Morgan fingerprint density at radius 2 is 1.57 bits per heavy atom. The number of para-hydroxylation sites is 1. The minimum Gasteiger partial charge on any atom is -0.593 e. The number of amides is 1. The first-order valence-corrected chi connectivity index (χ1v) is 11.1. The average molecular weight is 424 g/mol. The summed E-state index contributed by atoms with van der Waals surface area (Å²) in [6, 6.07) is 22.4. The Hall–Kier alpha value is -2.87. The molecule has 0 saturated carbocycles. The molecule has 0 aliphatic carbocycles. The van der Waals surface area contributed by atoms with E-state index in [1.165, 1.54) is 28.6 Å². The predicted octanol–water partition coefficient (Wildman–Crippen LogP) is 4.43. The number of carbonyl (C=O) groups is 1. The van der Waals surface area contributed by atoms with Crippen molar-refractivity contribution in [3.05, 3.63) is 96.3 Å². The molecule has 1 aliphatic rings. The lowest BCUT2D eigenvalue weighted by Gasteiger charge is -2.28. The maximum atomic E-state index is 13.4.